The summed E-state index contributed by atoms with van der Waals surface area (Å²) in [5.74, 6) is -0.506. The highest BCUT2D eigenvalue weighted by atomic mass is 16.4. The van der Waals surface area contributed by atoms with Crippen LogP contribution in [0.25, 0.3) is 11.0 Å². The zero-order valence-corrected chi connectivity index (χ0v) is 10.8. The van der Waals surface area contributed by atoms with Crippen LogP contribution in [0.1, 0.15) is 10.4 Å². The minimum absolute atomic E-state index is 0.0252. The van der Waals surface area contributed by atoms with Crippen LogP contribution in [-0.2, 0) is 0 Å². The molecule has 0 aliphatic heterocycles. The van der Waals surface area contributed by atoms with Crippen LogP contribution in [0.4, 0.5) is 5.69 Å². The van der Waals surface area contributed by atoms with Crippen LogP contribution < -0.4 is 16.5 Å². The predicted octanol–water partition coefficient (Wildman–Crippen LogP) is 1.73. The minimum atomic E-state index is -0.506. The fourth-order valence-electron chi connectivity index (χ4n) is 1.95. The first kappa shape index (κ1) is 12.9. The first-order valence-electron chi connectivity index (χ1n) is 6.16. The van der Waals surface area contributed by atoms with Gasteiger partial charge < -0.3 is 14.7 Å². The molecule has 0 fully saturated rings. The second kappa shape index (κ2) is 5.09. The molecule has 3 rings (SSSR count). The SMILES string of the molecule is O=C(Nc1ccc2oc(=O)ccc2c1)c1ccc[nH]c1=O. The lowest BCUT2D eigenvalue weighted by Crippen LogP contribution is -2.22. The van der Waals surface area contributed by atoms with Crippen LogP contribution in [0.15, 0.2) is 62.7 Å². The van der Waals surface area contributed by atoms with Gasteiger partial charge in [-0.3, -0.25) is 9.59 Å². The molecule has 0 aliphatic carbocycles. The van der Waals surface area contributed by atoms with Crippen molar-refractivity contribution in [3.63, 3.8) is 0 Å². The molecule has 0 spiro atoms. The van der Waals surface area contributed by atoms with E-state index in [0.29, 0.717) is 16.7 Å². The number of carbonyl (C=O) groups is 1. The molecule has 0 aliphatic rings. The Kier molecular flexibility index (Phi) is 3.12. The van der Waals surface area contributed by atoms with E-state index in [1.807, 2.05) is 0 Å². The van der Waals surface area contributed by atoms with Crippen molar-refractivity contribution in [1.29, 1.82) is 0 Å². The van der Waals surface area contributed by atoms with Gasteiger partial charge in [-0.1, -0.05) is 0 Å². The van der Waals surface area contributed by atoms with Gasteiger partial charge in [-0.05, 0) is 36.4 Å². The molecule has 0 saturated heterocycles. The van der Waals surface area contributed by atoms with Crippen molar-refractivity contribution >= 4 is 22.6 Å². The molecule has 2 N–H and O–H groups in total. The summed E-state index contributed by atoms with van der Waals surface area (Å²) < 4.78 is 5.00. The first-order chi connectivity index (χ1) is 10.1. The molecule has 6 heteroatoms. The molecule has 1 amide bonds. The van der Waals surface area contributed by atoms with Gasteiger partial charge in [0, 0.05) is 23.3 Å². The number of hydrogen-bond donors (Lipinski definition) is 2. The van der Waals surface area contributed by atoms with Gasteiger partial charge in [0.1, 0.15) is 11.1 Å². The van der Waals surface area contributed by atoms with Crippen LogP contribution in [0, 0.1) is 0 Å². The van der Waals surface area contributed by atoms with Crippen LogP contribution in [-0.4, -0.2) is 10.9 Å². The largest absolute Gasteiger partial charge is 0.423 e. The number of benzene rings is 1. The molecule has 0 radical (unpaired) electrons. The highest BCUT2D eigenvalue weighted by molar-refractivity contribution is 6.04. The summed E-state index contributed by atoms with van der Waals surface area (Å²) in [6.07, 6.45) is 1.46. The molecule has 21 heavy (non-hydrogen) atoms. The summed E-state index contributed by atoms with van der Waals surface area (Å²) in [5, 5.41) is 3.30. The predicted molar refractivity (Wildman–Crippen MR) is 77.5 cm³/mol. The Hall–Kier alpha value is -3.15. The molecule has 1 aromatic carbocycles. The van der Waals surface area contributed by atoms with Gasteiger partial charge in [0.25, 0.3) is 11.5 Å². The number of fused-ring (bicyclic) bond motifs is 1. The van der Waals surface area contributed by atoms with Crippen molar-refractivity contribution in [2.75, 3.05) is 5.32 Å². The highest BCUT2D eigenvalue weighted by Crippen LogP contribution is 2.17. The highest BCUT2D eigenvalue weighted by Gasteiger charge is 2.10. The molecular formula is C15H10N2O4. The quantitative estimate of drug-likeness (QED) is 0.700. The van der Waals surface area contributed by atoms with E-state index in [-0.39, 0.29) is 5.56 Å². The van der Waals surface area contributed by atoms with Crippen molar-refractivity contribution in [2.45, 2.75) is 0 Å². The summed E-state index contributed by atoms with van der Waals surface area (Å²) in [6, 6.07) is 10.8. The van der Waals surface area contributed by atoms with Gasteiger partial charge in [-0.2, -0.15) is 0 Å². The number of carbonyl (C=O) groups excluding carboxylic acids is 1. The fraction of sp³-hybridized carbons (Fsp3) is 0. The summed E-state index contributed by atoms with van der Waals surface area (Å²) >= 11 is 0. The lowest BCUT2D eigenvalue weighted by molar-refractivity contribution is 0.102. The number of aromatic amines is 1. The third-order valence-electron chi connectivity index (χ3n) is 2.94. The van der Waals surface area contributed by atoms with Crippen molar-refractivity contribution in [2.24, 2.45) is 0 Å². The minimum Gasteiger partial charge on any atom is -0.423 e. The van der Waals surface area contributed by atoms with E-state index in [4.69, 9.17) is 4.42 Å². The van der Waals surface area contributed by atoms with Gasteiger partial charge in [0.05, 0.1) is 0 Å². The summed E-state index contributed by atoms with van der Waals surface area (Å²) in [6.45, 7) is 0. The average Bonchev–Trinajstić information content (AvgIpc) is 2.48. The maximum atomic E-state index is 12.0. The molecule has 0 saturated carbocycles. The molecular weight excluding hydrogens is 272 g/mol. The lowest BCUT2D eigenvalue weighted by Gasteiger charge is -2.05. The zero-order valence-electron chi connectivity index (χ0n) is 10.8. The number of anilines is 1. The number of rotatable bonds is 2. The molecule has 2 heterocycles. The standard InChI is InChI=1S/C15H10N2O4/c18-13-6-3-9-8-10(4-5-12(9)21-13)17-15(20)11-2-1-7-16-14(11)19/h1-8H,(H,16,19)(H,17,20). The van der Waals surface area contributed by atoms with Crippen LogP contribution in [0.3, 0.4) is 0 Å². The van der Waals surface area contributed by atoms with E-state index in [9.17, 15) is 14.4 Å². The Bertz CT molecular complexity index is 940. The van der Waals surface area contributed by atoms with Crippen LogP contribution >= 0.6 is 0 Å². The molecule has 6 nitrogen and oxygen atoms in total. The molecule has 3 aromatic rings. The monoisotopic (exact) mass is 282 g/mol. The third kappa shape index (κ3) is 2.59. The second-order valence-electron chi connectivity index (χ2n) is 4.37. The maximum absolute atomic E-state index is 12.0. The van der Waals surface area contributed by atoms with E-state index >= 15 is 0 Å². The number of nitrogens with one attached hydrogen (secondary N) is 2. The van der Waals surface area contributed by atoms with Crippen molar-refractivity contribution in [1.82, 2.24) is 4.98 Å². The van der Waals surface area contributed by atoms with E-state index in [1.54, 1.807) is 30.3 Å². The summed E-state index contributed by atoms with van der Waals surface area (Å²) in [5.41, 5.74) is 0.0664. The van der Waals surface area contributed by atoms with Gasteiger partial charge in [-0.25, -0.2) is 4.79 Å². The van der Waals surface area contributed by atoms with Crippen molar-refractivity contribution in [3.8, 4) is 0 Å². The Morgan fingerprint density at radius 1 is 1.10 bits per heavy atom. The molecule has 0 bridgehead atoms. The molecule has 0 atom stereocenters. The Morgan fingerprint density at radius 3 is 2.76 bits per heavy atom. The van der Waals surface area contributed by atoms with Crippen LogP contribution in [0.2, 0.25) is 0 Å². The van der Waals surface area contributed by atoms with Crippen molar-refractivity contribution in [3.05, 3.63) is 75.0 Å². The maximum Gasteiger partial charge on any atom is 0.336 e. The molecule has 0 unspecified atom stereocenters. The number of aromatic nitrogens is 1. The third-order valence-corrected chi connectivity index (χ3v) is 2.94. The van der Waals surface area contributed by atoms with Crippen LogP contribution in [0.5, 0.6) is 0 Å². The second-order valence-corrected chi connectivity index (χ2v) is 4.37. The van der Waals surface area contributed by atoms with Gasteiger partial charge in [0.2, 0.25) is 0 Å². The number of H-pyrrole nitrogens is 1. The molecule has 2 aromatic heterocycles. The van der Waals surface area contributed by atoms with Gasteiger partial charge in [-0.15, -0.1) is 0 Å². The topological polar surface area (TPSA) is 92.2 Å². The lowest BCUT2D eigenvalue weighted by atomic mass is 10.2. The fourth-order valence-corrected chi connectivity index (χ4v) is 1.95. The summed E-state index contributed by atoms with van der Waals surface area (Å²) in [7, 11) is 0. The van der Waals surface area contributed by atoms with Crippen molar-refractivity contribution < 1.29 is 9.21 Å². The number of amides is 1. The van der Waals surface area contributed by atoms with E-state index in [2.05, 4.69) is 10.3 Å². The Labute approximate surface area is 118 Å². The molecule has 104 valence electrons. The zero-order chi connectivity index (χ0) is 14.8. The average molecular weight is 282 g/mol. The summed E-state index contributed by atoms with van der Waals surface area (Å²) in [4.78, 5) is 37.1. The number of pyridine rings is 1. The van der Waals surface area contributed by atoms with Gasteiger partial charge >= 0.3 is 5.63 Å². The Balaban J connectivity index is 1.93. The number of hydrogen-bond acceptors (Lipinski definition) is 4. The van der Waals surface area contributed by atoms with E-state index < -0.39 is 17.1 Å². The van der Waals surface area contributed by atoms with E-state index in [0.717, 1.165) is 0 Å². The Morgan fingerprint density at radius 2 is 1.95 bits per heavy atom. The smallest absolute Gasteiger partial charge is 0.336 e. The first-order valence-corrected chi connectivity index (χ1v) is 6.16. The van der Waals surface area contributed by atoms with E-state index in [1.165, 1.54) is 18.3 Å². The normalized spacial score (nSPS) is 10.5. The van der Waals surface area contributed by atoms with Gasteiger partial charge in [0.15, 0.2) is 0 Å².